The van der Waals surface area contributed by atoms with Crippen molar-refractivity contribution in [1.29, 1.82) is 0 Å². The summed E-state index contributed by atoms with van der Waals surface area (Å²) in [5, 5.41) is 5.19. The molecule has 1 atom stereocenters. The van der Waals surface area contributed by atoms with Gasteiger partial charge in [0.1, 0.15) is 17.3 Å². The highest BCUT2D eigenvalue weighted by Gasteiger charge is 2.31. The lowest BCUT2D eigenvalue weighted by molar-refractivity contribution is -0.125. The second-order valence-electron chi connectivity index (χ2n) is 9.74. The molecule has 9 nitrogen and oxygen atoms in total. The Bertz CT molecular complexity index is 1700. The number of anilines is 1. The number of carbonyl (C=O) groups is 2. The topological polar surface area (TPSA) is 112 Å². The van der Waals surface area contributed by atoms with Crippen LogP contribution in [0.1, 0.15) is 66.3 Å². The fourth-order valence-electron chi connectivity index (χ4n) is 5.13. The van der Waals surface area contributed by atoms with Crippen LogP contribution in [-0.2, 0) is 4.79 Å². The maximum absolute atomic E-state index is 15.1. The van der Waals surface area contributed by atoms with Gasteiger partial charge in [-0.2, -0.15) is 5.10 Å². The molecule has 1 aliphatic carbocycles. The van der Waals surface area contributed by atoms with Crippen LogP contribution in [0.4, 0.5) is 10.2 Å². The zero-order valence-corrected chi connectivity index (χ0v) is 20.9. The molecule has 1 saturated heterocycles. The van der Waals surface area contributed by atoms with Crippen molar-refractivity contribution in [1.82, 2.24) is 29.2 Å². The summed E-state index contributed by atoms with van der Waals surface area (Å²) in [6, 6.07) is 3.30. The molecule has 1 saturated carbocycles. The Labute approximate surface area is 218 Å². The van der Waals surface area contributed by atoms with E-state index < -0.39 is 5.82 Å². The number of ketones is 1. The number of fused-ring (bicyclic) bond motifs is 2. The number of carbonyl (C=O) groups excluding carboxylic acids is 2. The van der Waals surface area contributed by atoms with E-state index in [0.717, 1.165) is 18.4 Å². The van der Waals surface area contributed by atoms with Gasteiger partial charge in [0.2, 0.25) is 5.91 Å². The summed E-state index contributed by atoms with van der Waals surface area (Å²) in [6.45, 7) is 6.29. The van der Waals surface area contributed by atoms with E-state index in [9.17, 15) is 9.59 Å². The van der Waals surface area contributed by atoms with Gasteiger partial charge in [0.05, 0.1) is 45.4 Å². The largest absolute Gasteiger partial charge is 0.383 e. The second-order valence-corrected chi connectivity index (χ2v) is 9.74. The average molecular weight is 512 g/mol. The first-order valence-electron chi connectivity index (χ1n) is 12.7. The Morgan fingerprint density at radius 3 is 2.76 bits per heavy atom. The van der Waals surface area contributed by atoms with Crippen LogP contribution in [0.2, 0.25) is 0 Å². The molecule has 1 aromatic carbocycles. The van der Waals surface area contributed by atoms with E-state index in [4.69, 9.17) is 10.8 Å². The molecule has 2 fully saturated rings. The minimum absolute atomic E-state index is 0.108. The molecule has 38 heavy (non-hydrogen) atoms. The molecule has 2 N–H and O–H groups in total. The van der Waals surface area contributed by atoms with Crippen LogP contribution < -0.4 is 5.73 Å². The van der Waals surface area contributed by atoms with Gasteiger partial charge in [-0.25, -0.2) is 14.4 Å². The standard InChI is InChI=1S/C28H26FN7O2/c1-3-24(37)19-13-31-28(30)26-21(33-36(27(19)26)18-9-10-34(14-18)25(38)4-2)8-5-16-11-22-23(12-20(16)29)35(15-32-22)17-6-7-17/h4,11-13,15,17-18H,2-3,6-7,9-10,14H2,1H3,(H2,30,31)/t18-/m0/s1. The van der Waals surface area contributed by atoms with Gasteiger partial charge in [-0.3, -0.25) is 14.3 Å². The molecule has 2 aliphatic rings. The molecule has 1 aliphatic heterocycles. The number of Topliss-reactive ketones (excluding diaryl/α,β-unsaturated/α-hetero) is 1. The molecule has 3 aromatic heterocycles. The van der Waals surface area contributed by atoms with Crippen molar-refractivity contribution in [3.05, 3.63) is 59.9 Å². The first kappa shape index (κ1) is 23.9. The number of hydrogen-bond acceptors (Lipinski definition) is 6. The van der Waals surface area contributed by atoms with Crippen LogP contribution in [0.5, 0.6) is 0 Å². The molecule has 10 heteroatoms. The first-order chi connectivity index (χ1) is 18.4. The highest BCUT2D eigenvalue weighted by Crippen LogP contribution is 2.37. The third-order valence-electron chi connectivity index (χ3n) is 7.29. The molecule has 0 unspecified atom stereocenters. The van der Waals surface area contributed by atoms with Gasteiger partial charge in [-0.15, -0.1) is 0 Å². The highest BCUT2D eigenvalue weighted by atomic mass is 19.1. The Morgan fingerprint density at radius 1 is 1.21 bits per heavy atom. The Morgan fingerprint density at radius 2 is 2.03 bits per heavy atom. The fraction of sp³-hybridized carbons (Fsp3) is 0.321. The Hall–Kier alpha value is -4.52. The van der Waals surface area contributed by atoms with E-state index in [1.54, 1.807) is 28.9 Å². The van der Waals surface area contributed by atoms with Crippen LogP contribution >= 0.6 is 0 Å². The third kappa shape index (κ3) is 3.91. The molecule has 6 rings (SSSR count). The number of pyridine rings is 1. The summed E-state index contributed by atoms with van der Waals surface area (Å²) in [7, 11) is 0. The molecule has 0 bridgehead atoms. The van der Waals surface area contributed by atoms with Crippen LogP contribution in [0.25, 0.3) is 21.9 Å². The Kier molecular flexibility index (Phi) is 5.71. The van der Waals surface area contributed by atoms with Crippen LogP contribution in [0.15, 0.2) is 37.3 Å². The normalized spacial score (nSPS) is 17.1. The number of benzene rings is 1. The third-order valence-corrected chi connectivity index (χ3v) is 7.29. The van der Waals surface area contributed by atoms with Gasteiger partial charge in [-0.1, -0.05) is 19.4 Å². The van der Waals surface area contributed by atoms with Crippen molar-refractivity contribution in [2.45, 2.75) is 44.7 Å². The number of rotatable bonds is 5. The second kappa shape index (κ2) is 9.10. The lowest BCUT2D eigenvalue weighted by Crippen LogP contribution is -2.27. The van der Waals surface area contributed by atoms with Crippen molar-refractivity contribution in [2.75, 3.05) is 18.8 Å². The van der Waals surface area contributed by atoms with Crippen LogP contribution in [0, 0.1) is 17.7 Å². The molecule has 0 radical (unpaired) electrons. The van der Waals surface area contributed by atoms with Crippen LogP contribution in [0.3, 0.4) is 0 Å². The molecule has 0 spiro atoms. The van der Waals surface area contributed by atoms with E-state index in [1.165, 1.54) is 18.3 Å². The van der Waals surface area contributed by atoms with E-state index in [-0.39, 0.29) is 35.5 Å². The van der Waals surface area contributed by atoms with Gasteiger partial charge in [0.15, 0.2) is 5.78 Å². The van der Waals surface area contributed by atoms with Crippen molar-refractivity contribution in [3.63, 3.8) is 0 Å². The number of likely N-dealkylation sites (tertiary alicyclic amines) is 1. The predicted molar refractivity (Wildman–Crippen MR) is 141 cm³/mol. The Balaban J connectivity index is 1.47. The lowest BCUT2D eigenvalue weighted by Gasteiger charge is -2.16. The summed E-state index contributed by atoms with van der Waals surface area (Å²) in [6.07, 6.45) is 7.55. The zero-order valence-electron chi connectivity index (χ0n) is 20.9. The fourth-order valence-corrected chi connectivity index (χ4v) is 5.13. The number of nitrogens with two attached hydrogens (primary N) is 1. The smallest absolute Gasteiger partial charge is 0.246 e. The van der Waals surface area contributed by atoms with Gasteiger partial charge in [0.25, 0.3) is 0 Å². The number of aromatic nitrogens is 5. The summed E-state index contributed by atoms with van der Waals surface area (Å²) in [5.41, 5.74) is 9.12. The molecule has 1 amide bonds. The van der Waals surface area contributed by atoms with Crippen LogP contribution in [-0.4, -0.2) is 54.0 Å². The number of halogens is 1. The van der Waals surface area contributed by atoms with Gasteiger partial charge in [0, 0.05) is 37.8 Å². The minimum atomic E-state index is -0.446. The van der Waals surface area contributed by atoms with Gasteiger partial charge < -0.3 is 15.2 Å². The zero-order chi connectivity index (χ0) is 26.6. The van der Waals surface area contributed by atoms with Crippen molar-refractivity contribution in [2.24, 2.45) is 0 Å². The van der Waals surface area contributed by atoms with E-state index in [1.807, 2.05) is 4.57 Å². The van der Waals surface area contributed by atoms with E-state index in [0.29, 0.717) is 53.2 Å². The maximum atomic E-state index is 15.1. The summed E-state index contributed by atoms with van der Waals surface area (Å²) >= 11 is 0. The highest BCUT2D eigenvalue weighted by molar-refractivity contribution is 6.10. The average Bonchev–Trinajstić information content (AvgIpc) is 3.32. The molecule has 4 heterocycles. The number of nitrogens with zero attached hydrogens (tertiary/aromatic N) is 6. The molecule has 4 aromatic rings. The van der Waals surface area contributed by atoms with Crippen molar-refractivity contribution >= 4 is 39.4 Å². The summed E-state index contributed by atoms with van der Waals surface area (Å²) < 4.78 is 18.8. The molecular formula is C28H26FN7O2. The summed E-state index contributed by atoms with van der Waals surface area (Å²) in [5.74, 6) is 5.35. The molecular weight excluding hydrogens is 485 g/mol. The number of hydrogen-bond donors (Lipinski definition) is 1. The monoisotopic (exact) mass is 511 g/mol. The maximum Gasteiger partial charge on any atom is 0.246 e. The lowest BCUT2D eigenvalue weighted by atomic mass is 10.1. The van der Waals surface area contributed by atoms with Crippen molar-refractivity contribution < 1.29 is 14.0 Å². The van der Waals surface area contributed by atoms with E-state index in [2.05, 4.69) is 28.4 Å². The van der Waals surface area contributed by atoms with Crippen molar-refractivity contribution in [3.8, 4) is 11.8 Å². The van der Waals surface area contributed by atoms with E-state index >= 15 is 4.39 Å². The molecule has 192 valence electrons. The quantitative estimate of drug-likeness (QED) is 0.248. The summed E-state index contributed by atoms with van der Waals surface area (Å²) in [4.78, 5) is 35.4. The predicted octanol–water partition coefficient (Wildman–Crippen LogP) is 3.79. The van der Waals surface area contributed by atoms with Gasteiger partial charge in [-0.05, 0) is 37.3 Å². The number of imidazole rings is 1. The van der Waals surface area contributed by atoms with Gasteiger partial charge >= 0.3 is 0 Å². The minimum Gasteiger partial charge on any atom is -0.383 e. The number of nitrogen functional groups attached to an aromatic ring is 1. The SMILES string of the molecule is C=CC(=O)N1CC[C@H](n2nc(C#Cc3cc4ncn(C5CC5)c4cc3F)c3c(N)ncc(C(=O)CC)c32)C1. The number of amides is 1. The first-order valence-corrected chi connectivity index (χ1v) is 12.7.